The maximum atomic E-state index is 12.5. The molecule has 0 saturated heterocycles. The molecule has 11 nitrogen and oxygen atoms in total. The minimum absolute atomic E-state index is 0.00507. The van der Waals surface area contributed by atoms with Crippen molar-refractivity contribution in [2.75, 3.05) is 13.2 Å². The van der Waals surface area contributed by atoms with Crippen LogP contribution in [0.4, 0.5) is 0 Å². The van der Waals surface area contributed by atoms with E-state index in [1.165, 1.54) is 83.5 Å². The lowest BCUT2D eigenvalue weighted by atomic mass is 9.88. The molecule has 12 heteroatoms. The number of allylic oxidation sites excluding steroid dienone is 3. The molecule has 0 heterocycles. The minimum Gasteiger partial charge on any atom is -0.462 e. The maximum Gasteiger partial charge on any atom is 0.469 e. The topological polar surface area (TPSA) is 177 Å². The summed E-state index contributed by atoms with van der Waals surface area (Å²) in [4.78, 5) is 55.7. The Morgan fingerprint density at radius 2 is 1.23 bits per heavy atom. The fraction of sp³-hybridized carbons (Fsp3) is 0.844. The van der Waals surface area contributed by atoms with Gasteiger partial charge in [0, 0.05) is 25.2 Å². The Kier molecular flexibility index (Phi) is 32.6. The highest BCUT2D eigenvalue weighted by atomic mass is 31.2. The number of hydrogen-bond acceptors (Lipinski definition) is 9. The highest BCUT2D eigenvalue weighted by Crippen LogP contribution is 2.36. The molecule has 0 amide bonds. The first-order valence-electron chi connectivity index (χ1n) is 22.7. The van der Waals surface area contributed by atoms with Gasteiger partial charge in [0.25, 0.3) is 0 Å². The number of carbonyl (C=O) groups is 3. The summed E-state index contributed by atoms with van der Waals surface area (Å²) in [5, 5.41) is 20.7. The number of hydrogen-bond donors (Lipinski definition) is 4. The van der Waals surface area contributed by atoms with Crippen LogP contribution in [-0.2, 0) is 32.9 Å². The number of Topliss-reactive ketones (excluding diaryl/α,β-unsaturated/α-hetero) is 1. The number of esters is 2. The first-order valence-corrected chi connectivity index (χ1v) is 24.3. The summed E-state index contributed by atoms with van der Waals surface area (Å²) in [7, 11) is -4.82. The van der Waals surface area contributed by atoms with Crippen LogP contribution in [-0.4, -0.2) is 69.2 Å². The van der Waals surface area contributed by atoms with Gasteiger partial charge in [-0.05, 0) is 57.3 Å². The summed E-state index contributed by atoms with van der Waals surface area (Å²) in [6.07, 6.45) is 33.7. The van der Waals surface area contributed by atoms with Crippen LogP contribution >= 0.6 is 7.82 Å². The second kappa shape index (κ2) is 34.9. The van der Waals surface area contributed by atoms with E-state index in [1.54, 1.807) is 12.2 Å². The third-order valence-corrected chi connectivity index (χ3v) is 11.3. The number of rotatable bonds is 38. The Hall–Kier alpha value is -1.88. The van der Waals surface area contributed by atoms with E-state index >= 15 is 0 Å². The molecular weight excluding hydrogens is 747 g/mol. The lowest BCUT2D eigenvalue weighted by molar-refractivity contribution is -0.161. The van der Waals surface area contributed by atoms with Crippen molar-refractivity contribution in [3.05, 3.63) is 24.3 Å². The summed E-state index contributed by atoms with van der Waals surface area (Å²) < 4.78 is 26.4. The fourth-order valence-electron chi connectivity index (χ4n) is 7.39. The molecule has 5 atom stereocenters. The van der Waals surface area contributed by atoms with Gasteiger partial charge in [0.15, 0.2) is 6.10 Å². The first kappa shape index (κ1) is 53.1. The average molecular weight is 829 g/mol. The summed E-state index contributed by atoms with van der Waals surface area (Å²) >= 11 is 0. The third kappa shape index (κ3) is 30.8. The number of ether oxygens (including phenoxy) is 2. The van der Waals surface area contributed by atoms with Crippen molar-refractivity contribution in [1.82, 2.24) is 0 Å². The van der Waals surface area contributed by atoms with Crippen LogP contribution in [0.2, 0.25) is 0 Å². The Labute approximate surface area is 345 Å². The smallest absolute Gasteiger partial charge is 0.462 e. The molecular formula is C45H81O11P. The van der Waals surface area contributed by atoms with Crippen molar-refractivity contribution in [2.45, 2.75) is 218 Å². The lowest BCUT2D eigenvalue weighted by Crippen LogP contribution is -2.29. The van der Waals surface area contributed by atoms with Gasteiger partial charge in [-0.3, -0.25) is 18.9 Å². The van der Waals surface area contributed by atoms with Crippen molar-refractivity contribution in [3.8, 4) is 0 Å². The number of aliphatic hydroxyl groups is 2. The Balaban J connectivity index is 2.21. The van der Waals surface area contributed by atoms with Crippen LogP contribution in [0, 0.1) is 11.8 Å². The van der Waals surface area contributed by atoms with Gasteiger partial charge in [-0.1, -0.05) is 154 Å². The Morgan fingerprint density at radius 3 is 1.81 bits per heavy atom. The molecule has 4 N–H and O–H groups in total. The molecule has 332 valence electrons. The molecule has 0 spiro atoms. The average Bonchev–Trinajstić information content (AvgIpc) is 3.44. The van der Waals surface area contributed by atoms with E-state index in [-0.39, 0.29) is 37.6 Å². The molecule has 0 unspecified atom stereocenters. The van der Waals surface area contributed by atoms with E-state index in [4.69, 9.17) is 19.3 Å². The number of ketones is 1. The molecule has 1 fully saturated rings. The van der Waals surface area contributed by atoms with Crippen LogP contribution in [0.1, 0.15) is 200 Å². The van der Waals surface area contributed by atoms with Gasteiger partial charge in [-0.15, -0.1) is 0 Å². The standard InChI is InChI=1S/C45H81O11P/c1-3-5-7-8-9-10-11-12-13-14-15-16-17-18-19-20-21-22-27-31-44(49)54-36-39(37-55-57(51,52)53)56-45(50)32-28-24-23-26-30-40-41(43(48)35-42(40)47)34-33-38(46)29-25-6-4-2/h12-13,33-34,38-42,46-47H,3-11,14-32,35-37H2,1-2H3,(H2,51,52,53)/b13-12-,34-33+/t38-,39+,40+,41+,42-/m0/s1. The van der Waals surface area contributed by atoms with Crippen LogP contribution in [0.15, 0.2) is 24.3 Å². The predicted molar refractivity (Wildman–Crippen MR) is 226 cm³/mol. The van der Waals surface area contributed by atoms with Crippen LogP contribution in [0.25, 0.3) is 0 Å². The second-order valence-electron chi connectivity index (χ2n) is 16.2. The molecule has 57 heavy (non-hydrogen) atoms. The largest absolute Gasteiger partial charge is 0.469 e. The monoisotopic (exact) mass is 829 g/mol. The third-order valence-electron chi connectivity index (χ3n) is 10.8. The van der Waals surface area contributed by atoms with Crippen molar-refractivity contribution in [1.29, 1.82) is 0 Å². The van der Waals surface area contributed by atoms with Crippen LogP contribution < -0.4 is 0 Å². The number of unbranched alkanes of at least 4 members (excludes halogenated alkanes) is 20. The normalized spacial score (nSPS) is 18.5. The zero-order valence-electron chi connectivity index (χ0n) is 35.7. The minimum atomic E-state index is -4.82. The quantitative estimate of drug-likeness (QED) is 0.0202. The van der Waals surface area contributed by atoms with Gasteiger partial charge >= 0.3 is 19.8 Å². The first-order chi connectivity index (χ1) is 27.5. The molecule has 0 radical (unpaired) electrons. The molecule has 1 aliphatic carbocycles. The van der Waals surface area contributed by atoms with E-state index in [1.807, 2.05) is 0 Å². The molecule has 1 rings (SSSR count). The molecule has 1 saturated carbocycles. The maximum absolute atomic E-state index is 12.5. The number of aliphatic hydroxyl groups excluding tert-OH is 2. The molecule has 0 aliphatic heterocycles. The van der Waals surface area contributed by atoms with Gasteiger partial charge in [-0.25, -0.2) is 4.57 Å². The van der Waals surface area contributed by atoms with Gasteiger partial charge in [0.05, 0.1) is 18.8 Å². The molecule has 1 aliphatic rings. The SMILES string of the molecule is CCCCCCCC/C=C\CCCCCCCCCCCC(=O)OC[C@H](COP(=O)(O)O)OC(=O)CCCCCC[C@H]1[C@@H](O)CC(=O)[C@@H]1/C=C/[C@@H](O)CCCCC. The lowest BCUT2D eigenvalue weighted by Gasteiger charge is -2.19. The predicted octanol–water partition coefficient (Wildman–Crippen LogP) is 10.6. The van der Waals surface area contributed by atoms with Gasteiger partial charge in [-0.2, -0.15) is 0 Å². The van der Waals surface area contributed by atoms with Crippen molar-refractivity contribution < 1.29 is 52.9 Å². The summed E-state index contributed by atoms with van der Waals surface area (Å²) in [5.41, 5.74) is 0. The van der Waals surface area contributed by atoms with Crippen LogP contribution in [0.5, 0.6) is 0 Å². The van der Waals surface area contributed by atoms with Gasteiger partial charge < -0.3 is 29.5 Å². The van der Waals surface area contributed by atoms with E-state index in [9.17, 15) is 29.2 Å². The zero-order valence-corrected chi connectivity index (χ0v) is 36.6. The van der Waals surface area contributed by atoms with Crippen molar-refractivity contribution in [3.63, 3.8) is 0 Å². The summed E-state index contributed by atoms with van der Waals surface area (Å²) in [6.45, 7) is 3.40. The molecule has 0 aromatic carbocycles. The number of phosphoric acid groups is 1. The van der Waals surface area contributed by atoms with Crippen molar-refractivity contribution >= 4 is 25.5 Å². The fourth-order valence-corrected chi connectivity index (χ4v) is 7.75. The second-order valence-corrected chi connectivity index (χ2v) is 17.4. The Bertz CT molecular complexity index is 1140. The highest BCUT2D eigenvalue weighted by Gasteiger charge is 2.39. The number of phosphoric ester groups is 1. The zero-order chi connectivity index (χ0) is 42.0. The highest BCUT2D eigenvalue weighted by molar-refractivity contribution is 7.46. The summed E-state index contributed by atoms with van der Waals surface area (Å²) in [5.74, 6) is -1.64. The summed E-state index contributed by atoms with van der Waals surface area (Å²) in [6, 6.07) is 0. The van der Waals surface area contributed by atoms with E-state index < -0.39 is 50.6 Å². The van der Waals surface area contributed by atoms with Gasteiger partial charge in [0.2, 0.25) is 0 Å². The van der Waals surface area contributed by atoms with E-state index in [2.05, 4.69) is 30.5 Å². The van der Waals surface area contributed by atoms with Crippen molar-refractivity contribution in [2.24, 2.45) is 11.8 Å². The Morgan fingerprint density at radius 1 is 0.719 bits per heavy atom. The number of carbonyl (C=O) groups excluding carboxylic acids is 3. The molecule has 0 bridgehead atoms. The van der Waals surface area contributed by atoms with E-state index in [0.29, 0.717) is 32.1 Å². The van der Waals surface area contributed by atoms with Crippen LogP contribution in [0.3, 0.4) is 0 Å². The molecule has 0 aromatic heterocycles. The van der Waals surface area contributed by atoms with E-state index in [0.717, 1.165) is 51.4 Å². The molecule has 0 aromatic rings. The van der Waals surface area contributed by atoms with Gasteiger partial charge in [0.1, 0.15) is 12.4 Å².